The van der Waals surface area contributed by atoms with Crippen LogP contribution in [-0.2, 0) is 9.59 Å². The van der Waals surface area contributed by atoms with E-state index in [4.69, 9.17) is 10.3 Å². The number of carboxylic acid groups (broad SMARTS) is 1. The van der Waals surface area contributed by atoms with Crippen molar-refractivity contribution in [2.45, 2.75) is 19.3 Å². The molecule has 0 bridgehead atoms. The Morgan fingerprint density at radius 3 is 2.64 bits per heavy atom. The Morgan fingerprint density at radius 1 is 1.41 bits per heavy atom. The maximum absolute atomic E-state index is 13.1. The maximum Gasteiger partial charge on any atom is 0.303 e. The number of rotatable bonds is 5. The molecule has 0 amide bonds. The van der Waals surface area contributed by atoms with Crippen LogP contribution in [0.2, 0.25) is 0 Å². The highest BCUT2D eigenvalue weighted by Gasteiger charge is 2.37. The Bertz CT molecular complexity index is 629. The van der Waals surface area contributed by atoms with Gasteiger partial charge in [0.25, 0.3) is 0 Å². The molecule has 0 radical (unpaired) electrons. The van der Waals surface area contributed by atoms with Gasteiger partial charge >= 0.3 is 5.97 Å². The van der Waals surface area contributed by atoms with Crippen LogP contribution < -0.4 is 5.32 Å². The van der Waals surface area contributed by atoms with Gasteiger partial charge in [-0.05, 0) is 52.9 Å². The second kappa shape index (κ2) is 6.87. The molecule has 1 saturated carbocycles. The lowest BCUT2D eigenvalue weighted by Crippen LogP contribution is -2.38. The van der Waals surface area contributed by atoms with Crippen LogP contribution in [0.3, 0.4) is 0 Å². The van der Waals surface area contributed by atoms with Gasteiger partial charge in [0.05, 0.1) is 4.47 Å². The number of aliphatic carboxylic acids is 1. The summed E-state index contributed by atoms with van der Waals surface area (Å²) in [5, 5.41) is 23.3. The van der Waals surface area contributed by atoms with Crippen LogP contribution in [0, 0.1) is 17.7 Å². The van der Waals surface area contributed by atoms with Crippen molar-refractivity contribution in [3.63, 3.8) is 0 Å². The number of carbonyl (C=O) groups excluding carboxylic acids is 1. The molecule has 22 heavy (non-hydrogen) atoms. The number of carboxylic acids is 1. The third-order valence-electron chi connectivity index (χ3n) is 3.59. The summed E-state index contributed by atoms with van der Waals surface area (Å²) in [7, 11) is 0. The number of amidine groups is 1. The highest BCUT2D eigenvalue weighted by atomic mass is 79.9. The number of Topliss-reactive ketones (excluding diaryl/α,β-unsaturated/α-hetero) is 1. The van der Waals surface area contributed by atoms with Crippen molar-refractivity contribution in [3.8, 4) is 0 Å². The van der Waals surface area contributed by atoms with Gasteiger partial charge in [0.1, 0.15) is 5.82 Å². The summed E-state index contributed by atoms with van der Waals surface area (Å²) < 4.78 is 13.4. The van der Waals surface area contributed by atoms with Crippen LogP contribution >= 0.6 is 15.9 Å². The van der Waals surface area contributed by atoms with Gasteiger partial charge in [-0.3, -0.25) is 9.59 Å². The lowest BCUT2D eigenvalue weighted by molar-refractivity contribution is -0.140. The Kier molecular flexibility index (Phi) is 5.12. The molecule has 0 saturated heterocycles. The molecule has 0 atom stereocenters. The Labute approximate surface area is 134 Å². The standard InChI is InChI=1S/C14H14BrFN2O4/c15-10-6-9(1-2-11(10)16)17-14(18-22)13(21)8-3-7(4-8)5-12(19)20/h1-2,6-8,22H,3-5H2,(H,17,18)(H,19,20). The van der Waals surface area contributed by atoms with Gasteiger partial charge in [0.15, 0.2) is 0 Å². The molecule has 8 heteroatoms. The third-order valence-corrected chi connectivity index (χ3v) is 4.19. The van der Waals surface area contributed by atoms with Crippen LogP contribution in [0.15, 0.2) is 27.8 Å². The van der Waals surface area contributed by atoms with E-state index in [0.717, 1.165) is 0 Å². The van der Waals surface area contributed by atoms with Crippen LogP contribution in [0.4, 0.5) is 10.1 Å². The molecule has 0 aliphatic heterocycles. The van der Waals surface area contributed by atoms with Crippen molar-refractivity contribution in [3.05, 3.63) is 28.5 Å². The molecule has 0 heterocycles. The first-order valence-electron chi connectivity index (χ1n) is 6.60. The first-order chi connectivity index (χ1) is 10.4. The largest absolute Gasteiger partial charge is 0.481 e. The number of oxime groups is 1. The molecule has 1 aromatic carbocycles. The molecular weight excluding hydrogens is 359 g/mol. The van der Waals surface area contributed by atoms with Crippen LogP contribution in [0.5, 0.6) is 0 Å². The van der Waals surface area contributed by atoms with Crippen LogP contribution in [0.25, 0.3) is 0 Å². The lowest BCUT2D eigenvalue weighted by Gasteiger charge is -2.33. The molecule has 6 nitrogen and oxygen atoms in total. The molecule has 1 aliphatic rings. The van der Waals surface area contributed by atoms with E-state index in [1.807, 2.05) is 0 Å². The number of ketones is 1. The normalized spacial score (nSPS) is 21.1. The monoisotopic (exact) mass is 372 g/mol. The van der Waals surface area contributed by atoms with E-state index in [0.29, 0.717) is 18.5 Å². The van der Waals surface area contributed by atoms with Gasteiger partial charge in [-0.25, -0.2) is 4.39 Å². The highest BCUT2D eigenvalue weighted by Crippen LogP contribution is 2.37. The smallest absolute Gasteiger partial charge is 0.303 e. The Morgan fingerprint density at radius 2 is 2.09 bits per heavy atom. The average Bonchev–Trinajstić information content (AvgIpc) is 2.42. The number of halogens is 2. The Hall–Kier alpha value is -1.96. The van der Waals surface area contributed by atoms with Crippen LogP contribution in [-0.4, -0.2) is 27.9 Å². The predicted molar refractivity (Wildman–Crippen MR) is 80.4 cm³/mol. The van der Waals surface area contributed by atoms with E-state index >= 15 is 0 Å². The van der Waals surface area contributed by atoms with Crippen molar-refractivity contribution < 1.29 is 24.3 Å². The van der Waals surface area contributed by atoms with Crippen LogP contribution in [0.1, 0.15) is 19.3 Å². The number of anilines is 1. The minimum Gasteiger partial charge on any atom is -0.481 e. The molecule has 118 valence electrons. The fourth-order valence-electron chi connectivity index (χ4n) is 2.40. The summed E-state index contributed by atoms with van der Waals surface area (Å²) in [6.45, 7) is 0. The molecule has 0 spiro atoms. The van der Waals surface area contributed by atoms with Gasteiger partial charge in [0, 0.05) is 18.0 Å². The van der Waals surface area contributed by atoms with Crippen molar-refractivity contribution in [1.29, 1.82) is 0 Å². The summed E-state index contributed by atoms with van der Waals surface area (Å²) in [5.41, 5.74) is 0.399. The van der Waals surface area contributed by atoms with E-state index in [-0.39, 0.29) is 34.3 Å². The highest BCUT2D eigenvalue weighted by molar-refractivity contribution is 9.10. The van der Waals surface area contributed by atoms with Crippen molar-refractivity contribution in [2.75, 3.05) is 5.32 Å². The number of hydrogen-bond acceptors (Lipinski definition) is 4. The topological polar surface area (TPSA) is 99.0 Å². The SMILES string of the molecule is O=C(O)CC1CC(C(=O)/C(=N/O)Nc2ccc(F)c(Br)c2)C1. The molecule has 1 aromatic rings. The van der Waals surface area contributed by atoms with E-state index in [1.165, 1.54) is 18.2 Å². The molecule has 1 aliphatic carbocycles. The summed E-state index contributed by atoms with van der Waals surface area (Å²) in [4.78, 5) is 22.7. The van der Waals surface area contributed by atoms with Crippen molar-refractivity contribution >= 4 is 39.2 Å². The molecule has 1 fully saturated rings. The third kappa shape index (κ3) is 3.82. The second-order valence-electron chi connectivity index (χ2n) is 5.20. The quantitative estimate of drug-likeness (QED) is 0.319. The maximum atomic E-state index is 13.1. The first-order valence-corrected chi connectivity index (χ1v) is 7.40. The van der Waals surface area contributed by atoms with Gasteiger partial charge in [0.2, 0.25) is 11.6 Å². The fraction of sp³-hybridized carbons (Fsp3) is 0.357. The van der Waals surface area contributed by atoms with Crippen molar-refractivity contribution in [2.24, 2.45) is 17.0 Å². The fourth-order valence-corrected chi connectivity index (χ4v) is 2.78. The summed E-state index contributed by atoms with van der Waals surface area (Å²) in [5.74, 6) is -2.34. The van der Waals surface area contributed by atoms with E-state index < -0.39 is 11.8 Å². The molecule has 2 rings (SSSR count). The number of benzene rings is 1. The molecule has 3 N–H and O–H groups in total. The molecule has 0 unspecified atom stereocenters. The van der Waals surface area contributed by atoms with Gasteiger partial charge < -0.3 is 15.6 Å². The van der Waals surface area contributed by atoms with Crippen molar-refractivity contribution in [1.82, 2.24) is 0 Å². The summed E-state index contributed by atoms with van der Waals surface area (Å²) in [6, 6.07) is 4.03. The number of hydrogen-bond donors (Lipinski definition) is 3. The number of nitrogens with one attached hydrogen (secondary N) is 1. The first kappa shape index (κ1) is 16.4. The van der Waals surface area contributed by atoms with E-state index in [1.54, 1.807) is 0 Å². The lowest BCUT2D eigenvalue weighted by atomic mass is 9.71. The predicted octanol–water partition coefficient (Wildman–Crippen LogP) is 2.86. The zero-order valence-corrected chi connectivity index (χ0v) is 13.0. The minimum absolute atomic E-state index is 0.0219. The Balaban J connectivity index is 1.96. The van der Waals surface area contributed by atoms with Gasteiger partial charge in [-0.1, -0.05) is 5.16 Å². The summed E-state index contributed by atoms with van der Waals surface area (Å²) >= 11 is 3.02. The average molecular weight is 373 g/mol. The van der Waals surface area contributed by atoms with Gasteiger partial charge in [-0.15, -0.1) is 0 Å². The van der Waals surface area contributed by atoms with Gasteiger partial charge in [-0.2, -0.15) is 0 Å². The number of carbonyl (C=O) groups is 2. The van der Waals surface area contributed by atoms with E-state index in [2.05, 4.69) is 26.4 Å². The minimum atomic E-state index is -0.888. The zero-order valence-electron chi connectivity index (χ0n) is 11.4. The molecule has 0 aromatic heterocycles. The zero-order chi connectivity index (χ0) is 16.3. The number of nitrogens with zero attached hydrogens (tertiary/aromatic N) is 1. The second-order valence-corrected chi connectivity index (χ2v) is 6.05. The molecular formula is C14H14BrFN2O4. The van der Waals surface area contributed by atoms with E-state index in [9.17, 15) is 14.0 Å². The summed E-state index contributed by atoms with van der Waals surface area (Å²) in [6.07, 6.45) is 0.950.